The Kier molecular flexibility index (Phi) is 36.5. The zero-order valence-electron chi connectivity index (χ0n) is 36.5. The molecule has 1 N–H and O–H groups in total. The third kappa shape index (κ3) is 37.6. The zero-order chi connectivity index (χ0) is 42.1. The van der Waals surface area contributed by atoms with Crippen molar-refractivity contribution in [3.05, 3.63) is 97.2 Å². The maximum atomic E-state index is 12.7. The zero-order valence-corrected chi connectivity index (χ0v) is 36.5. The Morgan fingerprint density at radius 1 is 0.544 bits per heavy atom. The molecule has 0 aromatic carbocycles. The van der Waals surface area contributed by atoms with Gasteiger partial charge in [0.25, 0.3) is 0 Å². The molecular formula is C49H80NO7+. The maximum Gasteiger partial charge on any atom is 0.362 e. The van der Waals surface area contributed by atoms with Gasteiger partial charge >= 0.3 is 17.9 Å². The summed E-state index contributed by atoms with van der Waals surface area (Å²) in [6.07, 6.45) is 51.5. The highest BCUT2D eigenvalue weighted by atomic mass is 16.6. The number of nitrogens with zero attached hydrogens (tertiary/aromatic N) is 1. The summed E-state index contributed by atoms with van der Waals surface area (Å²) >= 11 is 0. The molecular weight excluding hydrogens is 715 g/mol. The molecule has 0 radical (unpaired) electrons. The molecule has 2 atom stereocenters. The third-order valence-electron chi connectivity index (χ3n) is 9.16. The highest BCUT2D eigenvalue weighted by Crippen LogP contribution is 2.13. The first-order chi connectivity index (χ1) is 27.6. The molecule has 0 spiro atoms. The summed E-state index contributed by atoms with van der Waals surface area (Å²) in [7, 11) is 5.49. The van der Waals surface area contributed by atoms with Crippen molar-refractivity contribution in [1.29, 1.82) is 0 Å². The number of ether oxygens (including phenoxy) is 3. The summed E-state index contributed by atoms with van der Waals surface area (Å²) in [5.74, 6) is -1.54. The fourth-order valence-electron chi connectivity index (χ4n) is 5.76. The molecule has 0 amide bonds. The van der Waals surface area contributed by atoms with E-state index < -0.39 is 18.1 Å². The number of carbonyl (C=O) groups excluding carboxylic acids is 2. The minimum Gasteiger partial charge on any atom is -0.477 e. The number of unbranched alkanes of at least 4 members (excludes halogenated alkanes) is 13. The van der Waals surface area contributed by atoms with Gasteiger partial charge in [-0.1, -0.05) is 162 Å². The van der Waals surface area contributed by atoms with Gasteiger partial charge in [-0.25, -0.2) is 4.79 Å². The number of hydrogen-bond acceptors (Lipinski definition) is 6. The first kappa shape index (κ1) is 53.2. The van der Waals surface area contributed by atoms with Gasteiger partial charge in [-0.3, -0.25) is 9.59 Å². The van der Waals surface area contributed by atoms with Crippen LogP contribution in [0.25, 0.3) is 0 Å². The second-order valence-corrected chi connectivity index (χ2v) is 15.4. The van der Waals surface area contributed by atoms with Crippen molar-refractivity contribution in [2.75, 3.05) is 41.0 Å². The summed E-state index contributed by atoms with van der Waals surface area (Å²) in [5, 5.41) is 9.62. The van der Waals surface area contributed by atoms with Crippen molar-refractivity contribution in [1.82, 2.24) is 0 Å². The number of carboxylic acid groups (broad SMARTS) is 1. The third-order valence-corrected chi connectivity index (χ3v) is 9.16. The van der Waals surface area contributed by atoms with E-state index in [2.05, 4.69) is 74.6 Å². The van der Waals surface area contributed by atoms with Crippen LogP contribution in [0, 0.1) is 0 Å². The number of quaternary nitrogens is 1. The van der Waals surface area contributed by atoms with Crippen LogP contribution in [0.1, 0.15) is 142 Å². The first-order valence-corrected chi connectivity index (χ1v) is 21.9. The number of carboxylic acids is 1. The molecule has 0 rings (SSSR count). The summed E-state index contributed by atoms with van der Waals surface area (Å²) in [5.41, 5.74) is 0. The Morgan fingerprint density at radius 2 is 0.982 bits per heavy atom. The van der Waals surface area contributed by atoms with E-state index in [1.54, 1.807) is 0 Å². The number of rotatable bonds is 37. The Balaban J connectivity index is 4.47. The summed E-state index contributed by atoms with van der Waals surface area (Å²) in [6, 6.07) is -0.629. The second-order valence-electron chi connectivity index (χ2n) is 15.4. The van der Waals surface area contributed by atoms with E-state index in [0.717, 1.165) is 89.9 Å². The number of hydrogen-bond donors (Lipinski definition) is 1. The number of allylic oxidation sites excluding steroid dienone is 16. The standard InChI is InChI=1S/C49H79NO7/c1-6-8-10-12-14-16-18-20-22-23-24-26-27-29-31-33-35-37-39-47(51)56-44-45(43-55-42-41-46(49(53)54)50(3,4)5)57-48(52)40-38-36-34-32-30-28-25-21-19-17-15-13-11-9-7-2/h9,11,13-26,45-46H,6-8,10,12,27-44H2,1-5H3/p+1/b11-9+,15-13+,16-14+,19-17+,20-18+,23-22+,25-21+,26-24+. The van der Waals surface area contributed by atoms with Crippen molar-refractivity contribution >= 4 is 17.9 Å². The van der Waals surface area contributed by atoms with Gasteiger partial charge in [-0.05, 0) is 57.8 Å². The molecule has 0 saturated carbocycles. The fraction of sp³-hybridized carbons (Fsp3) is 0.612. The van der Waals surface area contributed by atoms with E-state index in [4.69, 9.17) is 14.2 Å². The van der Waals surface area contributed by atoms with Crippen molar-refractivity contribution in [3.63, 3.8) is 0 Å². The molecule has 0 aliphatic carbocycles. The minimum atomic E-state index is -0.888. The van der Waals surface area contributed by atoms with Crippen molar-refractivity contribution in [3.8, 4) is 0 Å². The van der Waals surface area contributed by atoms with Crippen LogP contribution in [-0.2, 0) is 28.6 Å². The number of carbonyl (C=O) groups is 3. The van der Waals surface area contributed by atoms with Gasteiger partial charge < -0.3 is 23.8 Å². The Labute approximate surface area is 347 Å². The molecule has 2 unspecified atom stereocenters. The van der Waals surface area contributed by atoms with Gasteiger partial charge in [-0.15, -0.1) is 0 Å². The van der Waals surface area contributed by atoms with Crippen molar-refractivity contribution < 1.29 is 38.2 Å². The first-order valence-electron chi connectivity index (χ1n) is 21.9. The summed E-state index contributed by atoms with van der Waals surface area (Å²) < 4.78 is 17.2. The van der Waals surface area contributed by atoms with Gasteiger partial charge in [0.05, 0.1) is 34.4 Å². The molecule has 0 aromatic heterocycles. The monoisotopic (exact) mass is 795 g/mol. The smallest absolute Gasteiger partial charge is 0.362 e. The van der Waals surface area contributed by atoms with Gasteiger partial charge in [-0.2, -0.15) is 0 Å². The Hall–Kier alpha value is -3.75. The van der Waals surface area contributed by atoms with E-state index in [9.17, 15) is 19.5 Å². The van der Waals surface area contributed by atoms with E-state index in [0.29, 0.717) is 19.3 Å². The predicted octanol–water partition coefficient (Wildman–Crippen LogP) is 11.9. The van der Waals surface area contributed by atoms with Crippen molar-refractivity contribution in [2.24, 2.45) is 0 Å². The molecule has 57 heavy (non-hydrogen) atoms. The fourth-order valence-corrected chi connectivity index (χ4v) is 5.76. The highest BCUT2D eigenvalue weighted by Gasteiger charge is 2.31. The van der Waals surface area contributed by atoms with Crippen LogP contribution < -0.4 is 0 Å². The number of aliphatic carboxylic acids is 1. The quantitative estimate of drug-likeness (QED) is 0.0289. The van der Waals surface area contributed by atoms with Crippen LogP contribution in [0.15, 0.2) is 97.2 Å². The molecule has 0 aromatic rings. The van der Waals surface area contributed by atoms with E-state index in [1.165, 1.54) is 19.3 Å². The molecule has 0 fully saturated rings. The number of likely N-dealkylation sites (N-methyl/N-ethyl adjacent to an activating group) is 1. The molecule has 322 valence electrons. The van der Waals surface area contributed by atoms with Gasteiger partial charge in [0, 0.05) is 19.3 Å². The van der Waals surface area contributed by atoms with Crippen LogP contribution in [0.5, 0.6) is 0 Å². The average molecular weight is 795 g/mol. The Morgan fingerprint density at radius 3 is 1.46 bits per heavy atom. The molecule has 0 saturated heterocycles. The molecule has 8 heteroatoms. The normalized spacial score (nSPS) is 13.9. The van der Waals surface area contributed by atoms with E-state index in [-0.39, 0.29) is 36.2 Å². The summed E-state index contributed by atoms with van der Waals surface area (Å²) in [4.78, 5) is 37.0. The van der Waals surface area contributed by atoms with Gasteiger partial charge in [0.15, 0.2) is 12.1 Å². The lowest BCUT2D eigenvalue weighted by Gasteiger charge is -2.31. The topological polar surface area (TPSA) is 99.1 Å². The van der Waals surface area contributed by atoms with Crippen LogP contribution in [0.3, 0.4) is 0 Å². The molecule has 0 heterocycles. The average Bonchev–Trinajstić information content (AvgIpc) is 3.17. The predicted molar refractivity (Wildman–Crippen MR) is 238 cm³/mol. The lowest BCUT2D eigenvalue weighted by Crippen LogP contribution is -2.50. The van der Waals surface area contributed by atoms with Gasteiger partial charge in [0.1, 0.15) is 6.61 Å². The van der Waals surface area contributed by atoms with Crippen LogP contribution in [0.2, 0.25) is 0 Å². The number of esters is 2. The van der Waals surface area contributed by atoms with Gasteiger partial charge in [0.2, 0.25) is 0 Å². The maximum absolute atomic E-state index is 12.7. The van der Waals surface area contributed by atoms with Crippen molar-refractivity contribution in [2.45, 2.75) is 154 Å². The van der Waals surface area contributed by atoms with E-state index >= 15 is 0 Å². The highest BCUT2D eigenvalue weighted by molar-refractivity contribution is 5.72. The van der Waals surface area contributed by atoms with E-state index in [1.807, 2.05) is 57.6 Å². The largest absolute Gasteiger partial charge is 0.477 e. The lowest BCUT2D eigenvalue weighted by molar-refractivity contribution is -0.887. The Bertz CT molecular complexity index is 1250. The van der Waals surface area contributed by atoms with Crippen LogP contribution in [0.4, 0.5) is 0 Å². The molecule has 8 nitrogen and oxygen atoms in total. The molecule has 0 aliphatic rings. The molecule has 0 aliphatic heterocycles. The van der Waals surface area contributed by atoms with Crippen LogP contribution >= 0.6 is 0 Å². The summed E-state index contributed by atoms with van der Waals surface area (Å²) in [6.45, 7) is 4.48. The minimum absolute atomic E-state index is 0.0366. The SMILES string of the molecule is CC/C=C/C=C/C=C/C=C/CCCCCCCC(=O)OC(COCCC(C(=O)O)[N+](C)(C)C)COC(=O)CCCCCCC/C=C/C=C/C=C/C=C/CCCCC. The molecule has 0 bridgehead atoms. The second kappa shape index (κ2) is 39.1. The lowest BCUT2D eigenvalue weighted by atomic mass is 10.1. The van der Waals surface area contributed by atoms with Crippen LogP contribution in [-0.4, -0.2) is 80.6 Å².